The summed E-state index contributed by atoms with van der Waals surface area (Å²) < 4.78 is 0. The van der Waals surface area contributed by atoms with Crippen molar-refractivity contribution in [2.24, 2.45) is 5.92 Å². The average Bonchev–Trinajstić information content (AvgIpc) is 3.19. The summed E-state index contributed by atoms with van der Waals surface area (Å²) in [6.45, 7) is 7.61. The zero-order valence-corrected chi connectivity index (χ0v) is 11.9. The monoisotopic (exact) mass is 250 g/mol. The van der Waals surface area contributed by atoms with Gasteiger partial charge in [-0.2, -0.15) is 5.06 Å². The van der Waals surface area contributed by atoms with Crippen LogP contribution in [0.15, 0.2) is 24.3 Å². The van der Waals surface area contributed by atoms with Gasteiger partial charge in [0, 0.05) is 19.6 Å². The summed E-state index contributed by atoms with van der Waals surface area (Å²) >= 11 is 0. The Hall–Kier alpha value is -0.640. The second-order valence-corrected chi connectivity index (χ2v) is 5.50. The number of rotatable bonds is 6. The Kier molecular flexibility index (Phi) is 4.60. The molecule has 1 aliphatic carbocycles. The molecule has 0 spiro atoms. The molecule has 1 heterocycles. The van der Waals surface area contributed by atoms with Crippen molar-refractivity contribution >= 4 is 0 Å². The Morgan fingerprint density at radius 3 is 2.83 bits per heavy atom. The van der Waals surface area contributed by atoms with Gasteiger partial charge in [-0.3, -0.25) is 9.74 Å². The Morgan fingerprint density at radius 2 is 2.28 bits per heavy atom. The molecule has 2 rings (SSSR count). The molecule has 3 heteroatoms. The lowest BCUT2D eigenvalue weighted by Gasteiger charge is -2.39. The standard InChI is InChI=1S/C15H26N2O/c1-5-9-18-17(4)13-10-14(12-7-8-12)15(6-2)16(3)11-13/h5,10,12-13,15H,1,6-9,11H2,2-4H3/t13-,15-/m1/s1. The second-order valence-electron chi connectivity index (χ2n) is 5.50. The summed E-state index contributed by atoms with van der Waals surface area (Å²) in [7, 11) is 4.26. The SMILES string of the molecule is C=CCON(C)[C@@H]1C=C(C2CC2)[C@@H](CC)N(C)C1. The molecule has 0 amide bonds. The van der Waals surface area contributed by atoms with Gasteiger partial charge in [-0.15, -0.1) is 6.58 Å². The van der Waals surface area contributed by atoms with Crippen LogP contribution in [0.1, 0.15) is 26.2 Å². The van der Waals surface area contributed by atoms with Crippen LogP contribution in [-0.4, -0.2) is 49.3 Å². The predicted octanol–water partition coefficient (Wildman–Crippen LogP) is 2.46. The largest absolute Gasteiger partial charge is 0.298 e. The van der Waals surface area contributed by atoms with Crippen molar-refractivity contribution in [2.75, 3.05) is 27.2 Å². The summed E-state index contributed by atoms with van der Waals surface area (Å²) in [6.07, 6.45) is 8.21. The number of hydrogen-bond acceptors (Lipinski definition) is 3. The van der Waals surface area contributed by atoms with Crippen LogP contribution in [-0.2, 0) is 4.84 Å². The van der Waals surface area contributed by atoms with E-state index in [9.17, 15) is 0 Å². The molecule has 0 bridgehead atoms. The van der Waals surface area contributed by atoms with Gasteiger partial charge in [0.15, 0.2) is 0 Å². The van der Waals surface area contributed by atoms with Crippen molar-refractivity contribution in [3.05, 3.63) is 24.3 Å². The van der Waals surface area contributed by atoms with E-state index in [1.165, 1.54) is 19.3 Å². The van der Waals surface area contributed by atoms with Crippen molar-refractivity contribution < 1.29 is 4.84 Å². The van der Waals surface area contributed by atoms with Crippen LogP contribution in [0.3, 0.4) is 0 Å². The summed E-state index contributed by atoms with van der Waals surface area (Å²) in [5, 5.41) is 1.98. The van der Waals surface area contributed by atoms with E-state index in [4.69, 9.17) is 4.84 Å². The Bertz CT molecular complexity index is 322. The maximum atomic E-state index is 5.64. The predicted molar refractivity (Wildman–Crippen MR) is 75.2 cm³/mol. The van der Waals surface area contributed by atoms with Crippen molar-refractivity contribution in [1.29, 1.82) is 0 Å². The smallest absolute Gasteiger partial charge is 0.0864 e. The molecule has 3 nitrogen and oxygen atoms in total. The van der Waals surface area contributed by atoms with Crippen LogP contribution in [0.25, 0.3) is 0 Å². The fourth-order valence-corrected chi connectivity index (χ4v) is 2.92. The van der Waals surface area contributed by atoms with E-state index in [1.807, 2.05) is 12.1 Å². The molecule has 0 saturated heterocycles. The molecule has 102 valence electrons. The van der Waals surface area contributed by atoms with E-state index in [0.29, 0.717) is 18.7 Å². The molecular formula is C15H26N2O. The minimum absolute atomic E-state index is 0.369. The van der Waals surface area contributed by atoms with Gasteiger partial charge in [0.25, 0.3) is 0 Å². The minimum Gasteiger partial charge on any atom is -0.298 e. The minimum atomic E-state index is 0.369. The molecule has 0 aromatic rings. The van der Waals surface area contributed by atoms with Gasteiger partial charge < -0.3 is 0 Å². The van der Waals surface area contributed by atoms with Crippen LogP contribution in [0.2, 0.25) is 0 Å². The molecule has 2 aliphatic rings. The van der Waals surface area contributed by atoms with E-state index >= 15 is 0 Å². The lowest BCUT2D eigenvalue weighted by atomic mass is 9.92. The maximum Gasteiger partial charge on any atom is 0.0864 e. The third-order valence-electron chi connectivity index (χ3n) is 4.08. The number of hydroxylamine groups is 2. The molecule has 0 unspecified atom stereocenters. The van der Waals surface area contributed by atoms with Gasteiger partial charge in [-0.1, -0.05) is 24.6 Å². The highest BCUT2D eigenvalue weighted by Gasteiger charge is 2.36. The Morgan fingerprint density at radius 1 is 1.56 bits per heavy atom. The van der Waals surface area contributed by atoms with E-state index in [2.05, 4.69) is 31.5 Å². The highest BCUT2D eigenvalue weighted by molar-refractivity contribution is 5.24. The van der Waals surface area contributed by atoms with Gasteiger partial charge in [-0.25, -0.2) is 0 Å². The first-order valence-corrected chi connectivity index (χ1v) is 7.05. The second kappa shape index (κ2) is 6.00. The molecule has 0 aromatic heterocycles. The Labute approximate surface area is 111 Å². The zero-order valence-electron chi connectivity index (χ0n) is 11.9. The molecule has 0 N–H and O–H groups in total. The fraction of sp³-hybridized carbons (Fsp3) is 0.733. The van der Waals surface area contributed by atoms with Crippen molar-refractivity contribution in [3.8, 4) is 0 Å². The van der Waals surface area contributed by atoms with E-state index in [0.717, 1.165) is 12.5 Å². The first kappa shape index (κ1) is 13.8. The van der Waals surface area contributed by atoms with Crippen LogP contribution >= 0.6 is 0 Å². The normalized spacial score (nSPS) is 29.4. The molecular weight excluding hydrogens is 224 g/mol. The first-order valence-electron chi connectivity index (χ1n) is 7.05. The van der Waals surface area contributed by atoms with Crippen LogP contribution < -0.4 is 0 Å². The molecule has 1 saturated carbocycles. The third-order valence-corrected chi connectivity index (χ3v) is 4.08. The number of likely N-dealkylation sites (N-methyl/N-ethyl adjacent to an activating group) is 2. The van der Waals surface area contributed by atoms with Crippen molar-refractivity contribution in [3.63, 3.8) is 0 Å². The van der Waals surface area contributed by atoms with Gasteiger partial charge in [0.05, 0.1) is 12.6 Å². The first-order chi connectivity index (χ1) is 8.67. The Balaban J connectivity index is 2.07. The maximum absolute atomic E-state index is 5.64. The van der Waals surface area contributed by atoms with Crippen LogP contribution in [0.4, 0.5) is 0 Å². The van der Waals surface area contributed by atoms with Crippen LogP contribution in [0.5, 0.6) is 0 Å². The van der Waals surface area contributed by atoms with E-state index < -0.39 is 0 Å². The van der Waals surface area contributed by atoms with Crippen molar-refractivity contribution in [1.82, 2.24) is 9.96 Å². The molecule has 1 aliphatic heterocycles. The molecule has 0 aromatic carbocycles. The molecule has 18 heavy (non-hydrogen) atoms. The van der Waals surface area contributed by atoms with Gasteiger partial charge in [0.1, 0.15) is 0 Å². The highest BCUT2D eigenvalue weighted by atomic mass is 16.7. The van der Waals surface area contributed by atoms with E-state index in [1.54, 1.807) is 11.6 Å². The quantitative estimate of drug-likeness (QED) is 0.532. The van der Waals surface area contributed by atoms with Crippen molar-refractivity contribution in [2.45, 2.75) is 38.3 Å². The number of nitrogens with zero attached hydrogens (tertiary/aromatic N) is 2. The zero-order chi connectivity index (χ0) is 13.1. The fourth-order valence-electron chi connectivity index (χ4n) is 2.92. The lowest BCUT2D eigenvalue weighted by molar-refractivity contribution is -0.152. The van der Waals surface area contributed by atoms with Crippen LogP contribution in [0, 0.1) is 5.92 Å². The highest BCUT2D eigenvalue weighted by Crippen LogP contribution is 2.41. The molecule has 1 fully saturated rings. The third kappa shape index (κ3) is 3.02. The average molecular weight is 250 g/mol. The lowest BCUT2D eigenvalue weighted by Crippen LogP contribution is -2.48. The van der Waals surface area contributed by atoms with Gasteiger partial charge in [0.2, 0.25) is 0 Å². The summed E-state index contributed by atoms with van der Waals surface area (Å²) in [6, 6.07) is 1.01. The van der Waals surface area contributed by atoms with Gasteiger partial charge in [-0.05, 0) is 32.2 Å². The number of hydrogen-bond donors (Lipinski definition) is 0. The summed E-state index contributed by atoms with van der Waals surface area (Å²) in [4.78, 5) is 8.12. The van der Waals surface area contributed by atoms with Gasteiger partial charge >= 0.3 is 0 Å². The summed E-state index contributed by atoms with van der Waals surface area (Å²) in [5.41, 5.74) is 1.64. The topological polar surface area (TPSA) is 15.7 Å². The van der Waals surface area contributed by atoms with E-state index in [-0.39, 0.29) is 0 Å². The summed E-state index contributed by atoms with van der Waals surface area (Å²) in [5.74, 6) is 0.841. The molecule has 0 radical (unpaired) electrons. The molecule has 2 atom stereocenters.